The third-order valence-corrected chi connectivity index (χ3v) is 5.24. The summed E-state index contributed by atoms with van der Waals surface area (Å²) in [5.74, 6) is 1.69. The first kappa shape index (κ1) is 19.6. The van der Waals surface area contributed by atoms with Crippen molar-refractivity contribution in [3.8, 4) is 17.2 Å². The Labute approximate surface area is 174 Å². The van der Waals surface area contributed by atoms with Gasteiger partial charge < -0.3 is 24.3 Å². The van der Waals surface area contributed by atoms with Crippen LogP contribution in [0, 0.1) is 0 Å². The van der Waals surface area contributed by atoms with E-state index < -0.39 is 12.0 Å². The van der Waals surface area contributed by atoms with E-state index in [4.69, 9.17) is 23.9 Å². The van der Waals surface area contributed by atoms with Gasteiger partial charge in [-0.15, -0.1) is 0 Å². The molecule has 1 N–H and O–H groups in total. The molecule has 8 heteroatoms. The molecule has 2 heterocycles. The number of benzene rings is 2. The molecule has 3 aromatic rings. The van der Waals surface area contributed by atoms with Gasteiger partial charge in [0.05, 0.1) is 51.1 Å². The number of hydrogen-bond acceptors (Lipinski definition) is 7. The van der Waals surface area contributed by atoms with Crippen LogP contribution in [0.2, 0.25) is 0 Å². The SMILES string of the molecule is COC(=O)C1=C(C)Nc2nc3ccccc3n2[C@H]1c1cc(OC)c(OC)c(OC)c1. The number of ether oxygens (including phenoxy) is 4. The average Bonchev–Trinajstić information content (AvgIpc) is 3.14. The van der Waals surface area contributed by atoms with Crippen LogP contribution in [0.5, 0.6) is 17.2 Å². The Balaban J connectivity index is 2.04. The predicted molar refractivity (Wildman–Crippen MR) is 112 cm³/mol. The molecule has 1 aliphatic heterocycles. The molecule has 0 radical (unpaired) electrons. The number of aromatic nitrogens is 2. The van der Waals surface area contributed by atoms with Gasteiger partial charge in [-0.25, -0.2) is 9.78 Å². The Morgan fingerprint density at radius 3 is 2.30 bits per heavy atom. The fraction of sp³-hybridized carbons (Fsp3) is 0.273. The van der Waals surface area contributed by atoms with Gasteiger partial charge in [0.2, 0.25) is 11.7 Å². The summed E-state index contributed by atoms with van der Waals surface area (Å²) in [5, 5.41) is 3.24. The Hall–Kier alpha value is -3.68. The third-order valence-electron chi connectivity index (χ3n) is 5.24. The summed E-state index contributed by atoms with van der Waals surface area (Å²) in [6.45, 7) is 1.83. The van der Waals surface area contributed by atoms with Crippen molar-refractivity contribution in [3.63, 3.8) is 0 Å². The van der Waals surface area contributed by atoms with Crippen molar-refractivity contribution in [3.05, 3.63) is 53.2 Å². The standard InChI is InChI=1S/C22H23N3O5/c1-12-18(21(26)30-5)19(13-10-16(27-2)20(29-4)17(11-13)28-3)25-15-9-7-6-8-14(15)24-22(25)23-12/h6-11,19H,1-5H3,(H,23,24)/t19-/m0/s1. The summed E-state index contributed by atoms with van der Waals surface area (Å²) < 4.78 is 23.6. The number of methoxy groups -OCH3 is 4. The van der Waals surface area contributed by atoms with Gasteiger partial charge in [-0.2, -0.15) is 0 Å². The summed E-state index contributed by atoms with van der Waals surface area (Å²) in [6.07, 6.45) is 0. The van der Waals surface area contributed by atoms with Crippen molar-refractivity contribution in [1.29, 1.82) is 0 Å². The van der Waals surface area contributed by atoms with E-state index >= 15 is 0 Å². The molecular weight excluding hydrogens is 386 g/mol. The second kappa shape index (κ2) is 7.62. The molecule has 0 spiro atoms. The maximum absolute atomic E-state index is 12.8. The van der Waals surface area contributed by atoms with Crippen LogP contribution in [0.3, 0.4) is 0 Å². The minimum absolute atomic E-state index is 0.429. The van der Waals surface area contributed by atoms with Crippen LogP contribution in [0.25, 0.3) is 11.0 Å². The minimum Gasteiger partial charge on any atom is -0.493 e. The number of nitrogens with one attached hydrogen (secondary N) is 1. The highest BCUT2D eigenvalue weighted by Crippen LogP contribution is 2.45. The summed E-state index contributed by atoms with van der Waals surface area (Å²) >= 11 is 0. The normalized spacial score (nSPS) is 15.4. The Kier molecular flexibility index (Phi) is 4.99. The molecule has 2 aromatic carbocycles. The van der Waals surface area contributed by atoms with E-state index in [-0.39, 0.29) is 0 Å². The van der Waals surface area contributed by atoms with Crippen LogP contribution in [0.4, 0.5) is 5.95 Å². The number of rotatable bonds is 5. The maximum atomic E-state index is 12.8. The van der Waals surface area contributed by atoms with Crippen molar-refractivity contribution < 1.29 is 23.7 Å². The lowest BCUT2D eigenvalue weighted by Crippen LogP contribution is -2.28. The monoisotopic (exact) mass is 409 g/mol. The van der Waals surface area contributed by atoms with E-state index in [0.717, 1.165) is 16.6 Å². The number of anilines is 1. The fourth-order valence-corrected chi connectivity index (χ4v) is 3.91. The molecule has 1 aromatic heterocycles. The topological polar surface area (TPSA) is 83.8 Å². The van der Waals surface area contributed by atoms with Crippen LogP contribution in [-0.4, -0.2) is 44.0 Å². The second-order valence-corrected chi connectivity index (χ2v) is 6.81. The van der Waals surface area contributed by atoms with E-state index in [9.17, 15) is 4.79 Å². The molecule has 4 rings (SSSR count). The molecule has 0 saturated carbocycles. The van der Waals surface area contributed by atoms with Gasteiger partial charge in [-0.1, -0.05) is 12.1 Å². The fourth-order valence-electron chi connectivity index (χ4n) is 3.91. The van der Waals surface area contributed by atoms with Gasteiger partial charge in [-0.05, 0) is 36.8 Å². The van der Waals surface area contributed by atoms with E-state index in [1.165, 1.54) is 7.11 Å². The van der Waals surface area contributed by atoms with Crippen LogP contribution in [-0.2, 0) is 9.53 Å². The highest BCUT2D eigenvalue weighted by atomic mass is 16.5. The van der Waals surface area contributed by atoms with Crippen molar-refractivity contribution in [2.45, 2.75) is 13.0 Å². The highest BCUT2D eigenvalue weighted by molar-refractivity contribution is 5.94. The van der Waals surface area contributed by atoms with Crippen LogP contribution in [0.15, 0.2) is 47.7 Å². The van der Waals surface area contributed by atoms with Crippen molar-refractivity contribution >= 4 is 23.0 Å². The van der Waals surface area contributed by atoms with Crippen LogP contribution < -0.4 is 19.5 Å². The molecule has 0 bridgehead atoms. The first-order valence-corrected chi connectivity index (χ1v) is 9.37. The van der Waals surface area contributed by atoms with Crippen LogP contribution in [0.1, 0.15) is 18.5 Å². The smallest absolute Gasteiger partial charge is 0.337 e. The van der Waals surface area contributed by atoms with Crippen molar-refractivity contribution in [2.24, 2.45) is 0 Å². The largest absolute Gasteiger partial charge is 0.493 e. The van der Waals surface area contributed by atoms with Gasteiger partial charge in [0.1, 0.15) is 0 Å². The van der Waals surface area contributed by atoms with Gasteiger partial charge in [0.25, 0.3) is 0 Å². The van der Waals surface area contributed by atoms with E-state index in [2.05, 4.69) is 5.32 Å². The Morgan fingerprint density at radius 2 is 1.70 bits per heavy atom. The number of para-hydroxylation sites is 2. The lowest BCUT2D eigenvalue weighted by atomic mass is 9.94. The molecular formula is C22H23N3O5. The minimum atomic E-state index is -0.505. The van der Waals surface area contributed by atoms with Gasteiger partial charge in [-0.3, -0.25) is 4.57 Å². The molecule has 156 valence electrons. The number of fused-ring (bicyclic) bond motifs is 3. The van der Waals surface area contributed by atoms with E-state index in [1.54, 1.807) is 21.3 Å². The molecule has 8 nitrogen and oxygen atoms in total. The summed E-state index contributed by atoms with van der Waals surface area (Å²) in [5.41, 5.74) is 3.62. The van der Waals surface area contributed by atoms with Gasteiger partial charge in [0, 0.05) is 5.70 Å². The molecule has 30 heavy (non-hydrogen) atoms. The molecule has 1 aliphatic rings. The Morgan fingerprint density at radius 1 is 1.03 bits per heavy atom. The first-order chi connectivity index (χ1) is 14.5. The highest BCUT2D eigenvalue weighted by Gasteiger charge is 2.35. The number of carbonyl (C=O) groups is 1. The lowest BCUT2D eigenvalue weighted by Gasteiger charge is -2.30. The number of nitrogens with zero attached hydrogens (tertiary/aromatic N) is 2. The molecule has 0 unspecified atom stereocenters. The lowest BCUT2D eigenvalue weighted by molar-refractivity contribution is -0.136. The number of hydrogen-bond donors (Lipinski definition) is 1. The van der Waals surface area contributed by atoms with E-state index in [1.807, 2.05) is 47.9 Å². The molecule has 0 aliphatic carbocycles. The number of carbonyl (C=O) groups excluding carboxylic acids is 1. The zero-order chi connectivity index (χ0) is 21.4. The quantitative estimate of drug-likeness (QED) is 0.646. The summed E-state index contributed by atoms with van der Waals surface area (Å²) in [7, 11) is 6.04. The van der Waals surface area contributed by atoms with Gasteiger partial charge in [0.15, 0.2) is 11.5 Å². The summed E-state index contributed by atoms with van der Waals surface area (Å²) in [4.78, 5) is 17.5. The number of allylic oxidation sites excluding steroid dienone is 1. The number of esters is 1. The number of imidazole rings is 1. The van der Waals surface area contributed by atoms with E-state index in [0.29, 0.717) is 34.5 Å². The maximum Gasteiger partial charge on any atom is 0.337 e. The zero-order valence-electron chi connectivity index (χ0n) is 17.5. The van der Waals surface area contributed by atoms with Crippen LogP contribution >= 0.6 is 0 Å². The molecule has 1 atom stereocenters. The summed E-state index contributed by atoms with van der Waals surface area (Å²) in [6, 6.07) is 10.9. The predicted octanol–water partition coefficient (Wildman–Crippen LogP) is 3.52. The average molecular weight is 409 g/mol. The van der Waals surface area contributed by atoms with Gasteiger partial charge >= 0.3 is 5.97 Å². The molecule has 0 saturated heterocycles. The molecule has 0 fully saturated rings. The first-order valence-electron chi connectivity index (χ1n) is 9.37. The third kappa shape index (κ3) is 2.92. The molecule has 0 amide bonds. The van der Waals surface area contributed by atoms with Crippen molar-refractivity contribution in [1.82, 2.24) is 9.55 Å². The Bertz CT molecular complexity index is 1140. The zero-order valence-corrected chi connectivity index (χ0v) is 17.5. The van der Waals surface area contributed by atoms with Crippen molar-refractivity contribution in [2.75, 3.05) is 33.8 Å². The second-order valence-electron chi connectivity index (χ2n) is 6.81.